The van der Waals surface area contributed by atoms with E-state index in [9.17, 15) is 4.39 Å². The predicted octanol–water partition coefficient (Wildman–Crippen LogP) is 3.85. The van der Waals surface area contributed by atoms with Crippen molar-refractivity contribution in [1.82, 2.24) is 5.32 Å². The van der Waals surface area contributed by atoms with Gasteiger partial charge in [0.1, 0.15) is 5.82 Å². The summed E-state index contributed by atoms with van der Waals surface area (Å²) in [7, 11) is 0. The molecule has 1 aromatic rings. The zero-order valence-electron chi connectivity index (χ0n) is 10.2. The van der Waals surface area contributed by atoms with Crippen LogP contribution in [-0.2, 0) is 6.54 Å². The number of aryl methyl sites for hydroxylation is 1. The second-order valence-corrected chi connectivity index (χ2v) is 4.86. The quantitative estimate of drug-likeness (QED) is 0.779. The number of benzene rings is 1. The van der Waals surface area contributed by atoms with Gasteiger partial charge in [0.2, 0.25) is 0 Å². The van der Waals surface area contributed by atoms with Gasteiger partial charge in [-0.3, -0.25) is 0 Å². The van der Waals surface area contributed by atoms with Crippen LogP contribution in [0, 0.1) is 12.7 Å². The number of rotatable bonds is 6. The highest BCUT2D eigenvalue weighted by Gasteiger charge is 2.25. The summed E-state index contributed by atoms with van der Waals surface area (Å²) in [6, 6.07) is 4.80. The summed E-state index contributed by atoms with van der Waals surface area (Å²) in [5.41, 5.74) is 1.76. The molecule has 0 aliphatic carbocycles. The van der Waals surface area contributed by atoms with Crippen LogP contribution >= 0.6 is 23.2 Å². The van der Waals surface area contributed by atoms with Gasteiger partial charge in [-0.1, -0.05) is 13.0 Å². The maximum atomic E-state index is 13.0. The zero-order chi connectivity index (χ0) is 12.9. The van der Waals surface area contributed by atoms with Gasteiger partial charge in [0.05, 0.1) is 0 Å². The van der Waals surface area contributed by atoms with Crippen molar-refractivity contribution >= 4 is 23.2 Å². The molecule has 0 saturated carbocycles. The van der Waals surface area contributed by atoms with E-state index in [-0.39, 0.29) is 11.4 Å². The largest absolute Gasteiger partial charge is 0.305 e. The van der Waals surface area contributed by atoms with E-state index in [2.05, 4.69) is 12.2 Å². The molecule has 96 valence electrons. The van der Waals surface area contributed by atoms with E-state index in [4.69, 9.17) is 23.2 Å². The first kappa shape index (κ1) is 14.7. The average molecular weight is 278 g/mol. The van der Waals surface area contributed by atoms with Crippen molar-refractivity contribution in [2.24, 2.45) is 0 Å². The van der Waals surface area contributed by atoms with E-state index < -0.39 is 0 Å². The highest BCUT2D eigenvalue weighted by atomic mass is 35.5. The lowest BCUT2D eigenvalue weighted by molar-refractivity contribution is 0.384. The summed E-state index contributed by atoms with van der Waals surface area (Å²) >= 11 is 11.9. The maximum absolute atomic E-state index is 13.0. The van der Waals surface area contributed by atoms with Crippen molar-refractivity contribution in [2.75, 3.05) is 11.8 Å². The van der Waals surface area contributed by atoms with Gasteiger partial charge in [0, 0.05) is 23.8 Å². The summed E-state index contributed by atoms with van der Waals surface area (Å²) < 4.78 is 13.0. The molecule has 0 amide bonds. The molecule has 1 rings (SSSR count). The van der Waals surface area contributed by atoms with E-state index in [1.165, 1.54) is 12.1 Å². The Bertz CT molecular complexity index is 356. The van der Waals surface area contributed by atoms with Crippen LogP contribution in [0.15, 0.2) is 18.2 Å². The summed E-state index contributed by atoms with van der Waals surface area (Å²) in [5, 5.41) is 3.37. The minimum atomic E-state index is -0.246. The van der Waals surface area contributed by atoms with Gasteiger partial charge in [-0.15, -0.1) is 23.2 Å². The van der Waals surface area contributed by atoms with Gasteiger partial charge in [-0.25, -0.2) is 4.39 Å². The molecular weight excluding hydrogens is 260 g/mol. The third-order valence-electron chi connectivity index (χ3n) is 3.15. The zero-order valence-corrected chi connectivity index (χ0v) is 11.7. The second kappa shape index (κ2) is 6.58. The van der Waals surface area contributed by atoms with Gasteiger partial charge in [0.15, 0.2) is 0 Å². The van der Waals surface area contributed by atoms with Crippen LogP contribution in [0.25, 0.3) is 0 Å². The Morgan fingerprint density at radius 1 is 1.29 bits per heavy atom. The molecule has 0 unspecified atom stereocenters. The van der Waals surface area contributed by atoms with Gasteiger partial charge in [-0.05, 0) is 36.6 Å². The summed E-state index contributed by atoms with van der Waals surface area (Å²) in [4.78, 5) is 0. The topological polar surface area (TPSA) is 12.0 Å². The molecule has 0 aliphatic rings. The Hall–Kier alpha value is -0.310. The lowest BCUT2D eigenvalue weighted by Crippen LogP contribution is -2.48. The second-order valence-electron chi connectivity index (χ2n) is 4.33. The third-order valence-corrected chi connectivity index (χ3v) is 4.17. The third kappa shape index (κ3) is 3.84. The maximum Gasteiger partial charge on any atom is 0.123 e. The molecule has 0 aromatic heterocycles. The van der Waals surface area contributed by atoms with Crippen LogP contribution in [0.3, 0.4) is 0 Å². The number of hydrogen-bond donors (Lipinski definition) is 1. The lowest BCUT2D eigenvalue weighted by Gasteiger charge is -2.30. The Balaban J connectivity index is 2.72. The van der Waals surface area contributed by atoms with Crippen LogP contribution in [0.2, 0.25) is 0 Å². The van der Waals surface area contributed by atoms with Crippen molar-refractivity contribution < 1.29 is 4.39 Å². The van der Waals surface area contributed by atoms with E-state index >= 15 is 0 Å². The Morgan fingerprint density at radius 3 is 2.41 bits per heavy atom. The molecule has 1 N–H and O–H groups in total. The molecule has 4 heteroatoms. The van der Waals surface area contributed by atoms with Crippen molar-refractivity contribution in [1.29, 1.82) is 0 Å². The molecule has 0 heterocycles. The lowest BCUT2D eigenvalue weighted by atomic mass is 10.00. The summed E-state index contributed by atoms with van der Waals surface area (Å²) in [6.45, 7) is 4.60. The summed E-state index contributed by atoms with van der Waals surface area (Å²) in [6.07, 6.45) is 0.861. The van der Waals surface area contributed by atoms with E-state index in [0.29, 0.717) is 18.3 Å². The van der Waals surface area contributed by atoms with Crippen molar-refractivity contribution in [3.8, 4) is 0 Å². The minimum Gasteiger partial charge on any atom is -0.305 e. The van der Waals surface area contributed by atoms with Crippen LogP contribution in [0.5, 0.6) is 0 Å². The highest BCUT2D eigenvalue weighted by Crippen LogP contribution is 2.17. The minimum absolute atomic E-state index is 0.206. The number of alkyl halides is 2. The average Bonchev–Trinajstić information content (AvgIpc) is 2.33. The predicted molar refractivity (Wildman–Crippen MR) is 72.4 cm³/mol. The van der Waals surface area contributed by atoms with Crippen molar-refractivity contribution in [2.45, 2.75) is 32.4 Å². The SMILES string of the molecule is CCC(CCl)(CCl)NCc1ccc(F)cc1C. The first-order valence-electron chi connectivity index (χ1n) is 5.69. The molecular formula is C13H18Cl2FN. The molecule has 1 aromatic carbocycles. The molecule has 0 fully saturated rings. The first-order valence-corrected chi connectivity index (χ1v) is 6.76. The van der Waals surface area contributed by atoms with Crippen molar-refractivity contribution in [3.63, 3.8) is 0 Å². The van der Waals surface area contributed by atoms with Gasteiger partial charge in [0.25, 0.3) is 0 Å². The fraction of sp³-hybridized carbons (Fsp3) is 0.538. The number of nitrogens with one attached hydrogen (secondary N) is 1. The fourth-order valence-electron chi connectivity index (χ4n) is 1.58. The molecule has 1 nitrogen and oxygen atoms in total. The molecule has 0 radical (unpaired) electrons. The first-order chi connectivity index (χ1) is 8.06. The monoisotopic (exact) mass is 277 g/mol. The molecule has 0 bridgehead atoms. The molecule has 0 aliphatic heterocycles. The van der Waals surface area contributed by atoms with E-state index in [1.807, 2.05) is 6.92 Å². The smallest absolute Gasteiger partial charge is 0.123 e. The van der Waals surface area contributed by atoms with Gasteiger partial charge < -0.3 is 5.32 Å². The van der Waals surface area contributed by atoms with Crippen molar-refractivity contribution in [3.05, 3.63) is 35.1 Å². The highest BCUT2D eigenvalue weighted by molar-refractivity contribution is 6.22. The van der Waals surface area contributed by atoms with E-state index in [0.717, 1.165) is 17.5 Å². The van der Waals surface area contributed by atoms with Crippen LogP contribution < -0.4 is 5.32 Å². The molecule has 0 atom stereocenters. The Labute approximate surface area is 112 Å². The Kier molecular flexibility index (Phi) is 5.71. The van der Waals surface area contributed by atoms with Crippen LogP contribution in [0.1, 0.15) is 24.5 Å². The molecule has 17 heavy (non-hydrogen) atoms. The van der Waals surface area contributed by atoms with E-state index in [1.54, 1.807) is 6.07 Å². The van der Waals surface area contributed by atoms with Gasteiger partial charge >= 0.3 is 0 Å². The molecule has 0 spiro atoms. The number of hydrogen-bond acceptors (Lipinski definition) is 1. The number of halogens is 3. The normalized spacial score (nSPS) is 11.8. The Morgan fingerprint density at radius 2 is 1.94 bits per heavy atom. The van der Waals surface area contributed by atoms with Crippen LogP contribution in [-0.4, -0.2) is 17.3 Å². The fourth-order valence-corrected chi connectivity index (χ4v) is 2.44. The van der Waals surface area contributed by atoms with Crippen LogP contribution in [0.4, 0.5) is 4.39 Å². The summed E-state index contributed by atoms with van der Waals surface area (Å²) in [5.74, 6) is 0.725. The molecule has 0 saturated heterocycles. The van der Waals surface area contributed by atoms with Gasteiger partial charge in [-0.2, -0.15) is 0 Å². The standard InChI is InChI=1S/C13H18Cl2FN/c1-3-13(8-14,9-15)17-7-11-4-5-12(16)6-10(11)2/h4-6,17H,3,7-9H2,1-2H3.